The van der Waals surface area contributed by atoms with Gasteiger partial charge in [0.05, 0.1) is 0 Å². The Balaban J connectivity index is 3.43. The minimum atomic E-state index is -0.289. The SMILES string of the molecule is C=NCCOC(=C)C(C)[I-]N. The Bertz CT molecular complexity index is 138. The Morgan fingerprint density at radius 2 is 2.45 bits per heavy atom. The second kappa shape index (κ2) is 6.60. The van der Waals surface area contributed by atoms with Crippen molar-refractivity contribution in [3.63, 3.8) is 0 Å². The van der Waals surface area contributed by atoms with Crippen molar-refractivity contribution in [1.82, 2.24) is 0 Å². The van der Waals surface area contributed by atoms with Crippen molar-refractivity contribution in [2.24, 2.45) is 8.94 Å². The van der Waals surface area contributed by atoms with Crippen LogP contribution in [0.4, 0.5) is 0 Å². The van der Waals surface area contributed by atoms with E-state index in [2.05, 4.69) is 18.3 Å². The van der Waals surface area contributed by atoms with E-state index < -0.39 is 0 Å². The van der Waals surface area contributed by atoms with Gasteiger partial charge in [0.25, 0.3) is 0 Å². The number of allylic oxidation sites excluding steroid dienone is 1. The van der Waals surface area contributed by atoms with E-state index >= 15 is 0 Å². The normalized spacial score (nSPS) is 12.5. The van der Waals surface area contributed by atoms with E-state index in [1.807, 2.05) is 6.92 Å². The van der Waals surface area contributed by atoms with Gasteiger partial charge in [-0.3, -0.25) is 0 Å². The van der Waals surface area contributed by atoms with Gasteiger partial charge in [-0.25, -0.2) is 0 Å². The van der Waals surface area contributed by atoms with Crippen LogP contribution >= 0.6 is 0 Å². The molecule has 4 heteroatoms. The van der Waals surface area contributed by atoms with E-state index in [1.165, 1.54) is 0 Å². The summed E-state index contributed by atoms with van der Waals surface area (Å²) in [5.41, 5.74) is 0. The Kier molecular flexibility index (Phi) is 6.54. The third kappa shape index (κ3) is 5.20. The molecule has 1 atom stereocenters. The maximum atomic E-state index is 5.51. The van der Waals surface area contributed by atoms with Gasteiger partial charge in [0, 0.05) is 0 Å². The van der Waals surface area contributed by atoms with E-state index in [0.717, 1.165) is 5.76 Å². The number of hydrogen-bond acceptors (Lipinski definition) is 3. The van der Waals surface area contributed by atoms with Crippen LogP contribution in [0, 0.1) is 0 Å². The molecular weight excluding hydrogens is 255 g/mol. The molecule has 0 aliphatic heterocycles. The third-order valence-corrected chi connectivity index (χ3v) is 2.94. The van der Waals surface area contributed by atoms with Gasteiger partial charge in [-0.15, -0.1) is 0 Å². The number of alkyl halides is 1. The maximum absolute atomic E-state index is 5.51. The summed E-state index contributed by atoms with van der Waals surface area (Å²) in [7, 11) is 0. The molecule has 2 N–H and O–H groups in total. The molecule has 0 aromatic carbocycles. The van der Waals surface area contributed by atoms with E-state index in [-0.39, 0.29) is 21.5 Å². The molecule has 0 aliphatic carbocycles. The topological polar surface area (TPSA) is 47.6 Å². The molecule has 0 spiro atoms. The van der Waals surface area contributed by atoms with E-state index in [1.54, 1.807) is 0 Å². The summed E-state index contributed by atoms with van der Waals surface area (Å²) in [4.78, 5) is 3.65. The molecule has 0 fully saturated rings. The summed E-state index contributed by atoms with van der Waals surface area (Å²) in [5, 5.41) is 0. The average molecular weight is 269 g/mol. The zero-order chi connectivity index (χ0) is 8.69. The molecule has 0 aliphatic rings. The summed E-state index contributed by atoms with van der Waals surface area (Å²) in [6.07, 6.45) is 0. The molecule has 0 heterocycles. The summed E-state index contributed by atoms with van der Waals surface area (Å²) in [6, 6.07) is 0. The van der Waals surface area contributed by atoms with Crippen molar-refractivity contribution >= 4 is 6.72 Å². The van der Waals surface area contributed by atoms with Gasteiger partial charge in [-0.2, -0.15) is 0 Å². The molecule has 0 amide bonds. The monoisotopic (exact) mass is 269 g/mol. The summed E-state index contributed by atoms with van der Waals surface area (Å²) in [5.74, 6) is 0.781. The second-order valence-corrected chi connectivity index (χ2v) is 4.59. The van der Waals surface area contributed by atoms with E-state index in [0.29, 0.717) is 17.1 Å². The van der Waals surface area contributed by atoms with Crippen LogP contribution in [0.1, 0.15) is 6.92 Å². The van der Waals surface area contributed by atoms with Gasteiger partial charge in [0.15, 0.2) is 0 Å². The van der Waals surface area contributed by atoms with Gasteiger partial charge in [0.1, 0.15) is 0 Å². The second-order valence-electron chi connectivity index (χ2n) is 2.00. The van der Waals surface area contributed by atoms with Gasteiger partial charge in [0.2, 0.25) is 0 Å². The fraction of sp³-hybridized carbons (Fsp3) is 0.571. The van der Waals surface area contributed by atoms with Crippen LogP contribution in [-0.4, -0.2) is 23.8 Å². The molecule has 0 aromatic rings. The first-order chi connectivity index (χ1) is 5.22. The van der Waals surface area contributed by atoms with Gasteiger partial charge in [-0.1, -0.05) is 0 Å². The van der Waals surface area contributed by atoms with Crippen molar-refractivity contribution in [2.45, 2.75) is 10.8 Å². The van der Waals surface area contributed by atoms with Gasteiger partial charge < -0.3 is 0 Å². The van der Waals surface area contributed by atoms with E-state index in [4.69, 9.17) is 8.68 Å². The van der Waals surface area contributed by atoms with Crippen LogP contribution < -0.4 is 25.4 Å². The van der Waals surface area contributed by atoms with Gasteiger partial charge >= 0.3 is 78.2 Å². The minimum absolute atomic E-state index is 0.289. The van der Waals surface area contributed by atoms with Crippen molar-refractivity contribution in [3.05, 3.63) is 12.3 Å². The number of nitrogens with zero attached hydrogens (tertiary/aromatic N) is 1. The Morgan fingerprint density at radius 1 is 1.82 bits per heavy atom. The molecule has 0 saturated heterocycles. The van der Waals surface area contributed by atoms with Crippen molar-refractivity contribution in [1.29, 1.82) is 0 Å². The Hall–Kier alpha value is -0.100. The molecule has 11 heavy (non-hydrogen) atoms. The summed E-state index contributed by atoms with van der Waals surface area (Å²) >= 11 is -0.289. The summed E-state index contributed by atoms with van der Waals surface area (Å²) < 4.78 is 11.1. The molecule has 0 rings (SSSR count). The first-order valence-electron chi connectivity index (χ1n) is 3.28. The third-order valence-electron chi connectivity index (χ3n) is 1.17. The molecule has 0 saturated carbocycles. The van der Waals surface area contributed by atoms with Crippen molar-refractivity contribution in [2.75, 3.05) is 13.2 Å². The Morgan fingerprint density at radius 3 is 2.91 bits per heavy atom. The molecular formula is C7H14IN2O-. The molecule has 0 bridgehead atoms. The Labute approximate surface area is 78.3 Å². The average Bonchev–Trinajstić information content (AvgIpc) is 2.03. The molecule has 0 aromatic heterocycles. The zero-order valence-electron chi connectivity index (χ0n) is 6.72. The quantitative estimate of drug-likeness (QED) is 0.145. The number of hydrogen-bond donors (Lipinski definition) is 1. The molecule has 66 valence electrons. The van der Waals surface area contributed by atoms with Crippen LogP contribution in [0.3, 0.4) is 0 Å². The van der Waals surface area contributed by atoms with Crippen LogP contribution in [0.25, 0.3) is 0 Å². The van der Waals surface area contributed by atoms with Crippen LogP contribution in [0.5, 0.6) is 0 Å². The predicted molar refractivity (Wildman–Crippen MR) is 43.2 cm³/mol. The van der Waals surface area contributed by atoms with Crippen LogP contribution in [0.15, 0.2) is 17.3 Å². The zero-order valence-corrected chi connectivity index (χ0v) is 8.87. The number of aliphatic imine (C=N–C) groups is 1. The van der Waals surface area contributed by atoms with Crippen LogP contribution in [0.2, 0.25) is 0 Å². The fourth-order valence-electron chi connectivity index (χ4n) is 0.426. The predicted octanol–water partition coefficient (Wildman–Crippen LogP) is -2.43. The van der Waals surface area contributed by atoms with Crippen LogP contribution in [-0.2, 0) is 4.74 Å². The van der Waals surface area contributed by atoms with Gasteiger partial charge in [-0.05, 0) is 0 Å². The van der Waals surface area contributed by atoms with E-state index in [9.17, 15) is 0 Å². The van der Waals surface area contributed by atoms with Crippen molar-refractivity contribution < 1.29 is 26.2 Å². The first-order valence-corrected chi connectivity index (χ1v) is 5.77. The molecule has 0 radical (unpaired) electrons. The number of ether oxygens (including phenoxy) is 1. The molecule has 1 unspecified atom stereocenters. The summed E-state index contributed by atoms with van der Waals surface area (Å²) in [6.45, 7) is 10.3. The standard InChI is InChI=1S/C7H14IN2O/c1-6(8-9)7(2)11-5-4-10-3/h6H,2-5,9H2,1H3/q-1. The first kappa shape index (κ1) is 10.9. The number of halogens is 1. The number of rotatable bonds is 6. The molecule has 3 nitrogen and oxygen atoms in total. The van der Waals surface area contributed by atoms with Crippen molar-refractivity contribution in [3.8, 4) is 0 Å². The fourth-order valence-corrected chi connectivity index (χ4v) is 1.01. The number of nitrogens with two attached hydrogens (primary N) is 1.